The van der Waals surface area contributed by atoms with E-state index in [1.54, 1.807) is 0 Å². The number of nitrogens with zero attached hydrogens (tertiary/aromatic N) is 2. The molecule has 3 aromatic rings. The Bertz CT molecular complexity index is 1040. The van der Waals surface area contributed by atoms with Crippen molar-refractivity contribution < 1.29 is 22.7 Å². The van der Waals surface area contributed by atoms with Crippen LogP contribution in [-0.4, -0.2) is 22.3 Å². The number of aromatic nitrogens is 2. The molecule has 0 aliphatic rings. The van der Waals surface area contributed by atoms with Gasteiger partial charge in [-0.3, -0.25) is 9.48 Å². The van der Waals surface area contributed by atoms with E-state index >= 15 is 0 Å². The number of carbonyl (C=O) groups excluding carboxylic acids is 1. The lowest BCUT2D eigenvalue weighted by Gasteiger charge is -2.11. The highest BCUT2D eigenvalue weighted by Gasteiger charge is 2.19. The zero-order valence-corrected chi connectivity index (χ0v) is 17.4. The standard InChI is InChI=1S/C18H11BrCl2F3N3O2/c19-9-4-5-15(29-18(23)24)10(6-9)17(28)25-16-13(21)8-27(26-16)7-11-12(20)2-1-3-14(11)22/h1-6,8,18H,7H2,(H,25,26,28). The molecule has 0 unspecified atom stereocenters. The number of rotatable bonds is 6. The molecular formula is C18H11BrCl2F3N3O2. The highest BCUT2D eigenvalue weighted by molar-refractivity contribution is 9.10. The van der Waals surface area contributed by atoms with Gasteiger partial charge in [-0.1, -0.05) is 45.2 Å². The molecule has 2 aromatic carbocycles. The first-order valence-corrected chi connectivity index (χ1v) is 9.51. The van der Waals surface area contributed by atoms with Crippen LogP contribution < -0.4 is 10.1 Å². The van der Waals surface area contributed by atoms with E-state index in [1.165, 1.54) is 47.3 Å². The highest BCUT2D eigenvalue weighted by Crippen LogP contribution is 2.28. The summed E-state index contributed by atoms with van der Waals surface area (Å²) in [4.78, 5) is 12.6. The minimum absolute atomic E-state index is 0.0300. The zero-order chi connectivity index (χ0) is 21.1. The summed E-state index contributed by atoms with van der Waals surface area (Å²) < 4.78 is 45.3. The highest BCUT2D eigenvalue weighted by atomic mass is 79.9. The van der Waals surface area contributed by atoms with Crippen LogP contribution in [0.5, 0.6) is 5.75 Å². The maximum Gasteiger partial charge on any atom is 0.387 e. The zero-order valence-electron chi connectivity index (χ0n) is 14.3. The van der Waals surface area contributed by atoms with E-state index in [4.69, 9.17) is 23.2 Å². The third-order valence-corrected chi connectivity index (χ3v) is 4.86. The van der Waals surface area contributed by atoms with Crippen LogP contribution >= 0.6 is 39.1 Å². The van der Waals surface area contributed by atoms with Crippen molar-refractivity contribution in [3.8, 4) is 5.75 Å². The number of benzene rings is 2. The molecule has 0 radical (unpaired) electrons. The van der Waals surface area contributed by atoms with Crippen molar-refractivity contribution in [1.82, 2.24) is 9.78 Å². The normalized spacial score (nSPS) is 11.0. The van der Waals surface area contributed by atoms with Gasteiger partial charge in [-0.15, -0.1) is 0 Å². The van der Waals surface area contributed by atoms with Crippen molar-refractivity contribution in [2.24, 2.45) is 0 Å². The van der Waals surface area contributed by atoms with Crippen molar-refractivity contribution in [2.45, 2.75) is 13.2 Å². The van der Waals surface area contributed by atoms with E-state index in [1.807, 2.05) is 0 Å². The van der Waals surface area contributed by atoms with E-state index in [0.29, 0.717) is 4.47 Å². The van der Waals surface area contributed by atoms with Gasteiger partial charge in [-0.05, 0) is 30.3 Å². The van der Waals surface area contributed by atoms with Gasteiger partial charge >= 0.3 is 6.61 Å². The number of ether oxygens (including phenoxy) is 1. The number of alkyl halides is 2. The van der Waals surface area contributed by atoms with Crippen molar-refractivity contribution >= 4 is 50.9 Å². The monoisotopic (exact) mass is 507 g/mol. The fourth-order valence-electron chi connectivity index (χ4n) is 2.46. The molecule has 1 N–H and O–H groups in total. The molecule has 0 bridgehead atoms. The lowest BCUT2D eigenvalue weighted by atomic mass is 10.2. The summed E-state index contributed by atoms with van der Waals surface area (Å²) in [6.45, 7) is -3.13. The average molecular weight is 509 g/mol. The first-order chi connectivity index (χ1) is 13.7. The third kappa shape index (κ3) is 5.23. The molecule has 1 amide bonds. The number of halogens is 6. The Labute approximate surface area is 181 Å². The molecule has 0 aliphatic heterocycles. The van der Waals surface area contributed by atoms with Crippen LogP contribution in [0.25, 0.3) is 0 Å². The molecule has 5 nitrogen and oxygen atoms in total. The van der Waals surface area contributed by atoms with Crippen molar-refractivity contribution in [2.75, 3.05) is 5.32 Å². The summed E-state index contributed by atoms with van der Waals surface area (Å²) in [6.07, 6.45) is 1.37. The van der Waals surface area contributed by atoms with E-state index in [0.717, 1.165) is 0 Å². The van der Waals surface area contributed by atoms with Crippen LogP contribution in [0.4, 0.5) is 19.0 Å². The average Bonchev–Trinajstić information content (AvgIpc) is 2.98. The van der Waals surface area contributed by atoms with Gasteiger partial charge in [0.1, 0.15) is 16.6 Å². The second kappa shape index (κ2) is 9.06. The molecule has 0 saturated heterocycles. The van der Waals surface area contributed by atoms with Gasteiger partial charge < -0.3 is 10.1 Å². The third-order valence-electron chi connectivity index (χ3n) is 3.73. The summed E-state index contributed by atoms with van der Waals surface area (Å²) in [5.74, 6) is -1.63. The van der Waals surface area contributed by atoms with Crippen LogP contribution in [-0.2, 0) is 6.54 Å². The molecule has 0 spiro atoms. The molecule has 1 aromatic heterocycles. The lowest BCUT2D eigenvalue weighted by molar-refractivity contribution is -0.0501. The number of carbonyl (C=O) groups is 1. The number of amides is 1. The quantitative estimate of drug-likeness (QED) is 0.444. The predicted molar refractivity (Wildman–Crippen MR) is 106 cm³/mol. The van der Waals surface area contributed by atoms with Gasteiger partial charge in [0.15, 0.2) is 5.82 Å². The minimum atomic E-state index is -3.10. The number of hydrogen-bond acceptors (Lipinski definition) is 3. The Morgan fingerprint density at radius 3 is 2.69 bits per heavy atom. The Balaban J connectivity index is 1.83. The van der Waals surface area contributed by atoms with Crippen LogP contribution in [0.2, 0.25) is 10.0 Å². The Morgan fingerprint density at radius 1 is 1.24 bits per heavy atom. The van der Waals surface area contributed by atoms with Crippen LogP contribution in [0.15, 0.2) is 47.1 Å². The molecule has 0 aliphatic carbocycles. The summed E-state index contributed by atoms with van der Waals surface area (Å²) in [5, 5.41) is 6.80. The fourth-order valence-corrected chi connectivity index (χ4v) is 3.24. The van der Waals surface area contributed by atoms with Crippen LogP contribution in [0.1, 0.15) is 15.9 Å². The summed E-state index contributed by atoms with van der Waals surface area (Å²) >= 11 is 15.3. The number of anilines is 1. The fraction of sp³-hybridized carbons (Fsp3) is 0.111. The second-order valence-electron chi connectivity index (χ2n) is 5.70. The van der Waals surface area contributed by atoms with Gasteiger partial charge in [-0.25, -0.2) is 4.39 Å². The first-order valence-electron chi connectivity index (χ1n) is 7.96. The molecule has 0 atom stereocenters. The molecular weight excluding hydrogens is 498 g/mol. The largest absolute Gasteiger partial charge is 0.434 e. The van der Waals surface area contributed by atoms with Gasteiger partial charge in [-0.2, -0.15) is 13.9 Å². The van der Waals surface area contributed by atoms with Crippen LogP contribution in [0, 0.1) is 5.82 Å². The maximum absolute atomic E-state index is 14.0. The van der Waals surface area contributed by atoms with Gasteiger partial charge in [0.2, 0.25) is 0 Å². The predicted octanol–water partition coefficient (Wildman–Crippen LogP) is 5.99. The summed E-state index contributed by atoms with van der Waals surface area (Å²) in [5.41, 5.74) is 0.0493. The Kier molecular flexibility index (Phi) is 6.71. The van der Waals surface area contributed by atoms with E-state index in [9.17, 15) is 18.0 Å². The first kappa shape index (κ1) is 21.5. The molecule has 1 heterocycles. The minimum Gasteiger partial charge on any atom is -0.434 e. The molecule has 3 rings (SSSR count). The van der Waals surface area contributed by atoms with Crippen molar-refractivity contribution in [3.63, 3.8) is 0 Å². The SMILES string of the molecule is O=C(Nc1nn(Cc2c(F)cccc2Cl)cc1Cl)c1cc(Br)ccc1OC(F)F. The van der Waals surface area contributed by atoms with Gasteiger partial charge in [0.05, 0.1) is 12.1 Å². The van der Waals surface area contributed by atoms with Crippen molar-refractivity contribution in [1.29, 1.82) is 0 Å². The molecule has 11 heteroatoms. The molecule has 0 saturated carbocycles. The van der Waals surface area contributed by atoms with E-state index < -0.39 is 18.3 Å². The molecule has 0 fully saturated rings. The topological polar surface area (TPSA) is 56.2 Å². The summed E-state index contributed by atoms with van der Waals surface area (Å²) in [7, 11) is 0. The summed E-state index contributed by atoms with van der Waals surface area (Å²) in [6, 6.07) is 8.26. The molecule has 29 heavy (non-hydrogen) atoms. The molecule has 152 valence electrons. The van der Waals surface area contributed by atoms with Gasteiger partial charge in [0.25, 0.3) is 5.91 Å². The maximum atomic E-state index is 14.0. The Morgan fingerprint density at radius 2 is 2.00 bits per heavy atom. The van der Waals surface area contributed by atoms with Gasteiger partial charge in [0, 0.05) is 21.3 Å². The van der Waals surface area contributed by atoms with E-state index in [-0.39, 0.29) is 39.3 Å². The number of nitrogens with one attached hydrogen (secondary N) is 1. The Hall–Kier alpha value is -2.23. The van der Waals surface area contributed by atoms with Crippen LogP contribution in [0.3, 0.4) is 0 Å². The smallest absolute Gasteiger partial charge is 0.387 e. The van der Waals surface area contributed by atoms with Crippen molar-refractivity contribution in [3.05, 3.63) is 74.1 Å². The number of hydrogen-bond donors (Lipinski definition) is 1. The van der Waals surface area contributed by atoms with E-state index in [2.05, 4.69) is 31.1 Å². The lowest BCUT2D eigenvalue weighted by Crippen LogP contribution is -2.16. The second-order valence-corrected chi connectivity index (χ2v) is 7.43.